The van der Waals surface area contributed by atoms with Crippen molar-refractivity contribution >= 4 is 21.6 Å². The van der Waals surface area contributed by atoms with Gasteiger partial charge >= 0.3 is 0 Å². The summed E-state index contributed by atoms with van der Waals surface area (Å²) in [6, 6.07) is 6.97. The van der Waals surface area contributed by atoms with Crippen LogP contribution in [-0.2, 0) is 0 Å². The lowest BCUT2D eigenvalue weighted by atomic mass is 9.96. The molecule has 0 aromatic heterocycles. The quantitative estimate of drug-likeness (QED) is 0.895. The topological polar surface area (TPSA) is 15.3 Å². The molecule has 102 valence electrons. The maximum Gasteiger partial charge on any atom is 0.0508 e. The van der Waals surface area contributed by atoms with Crippen molar-refractivity contribution in [1.29, 1.82) is 0 Å². The van der Waals surface area contributed by atoms with E-state index in [0.29, 0.717) is 11.5 Å². The van der Waals surface area contributed by atoms with E-state index in [4.69, 9.17) is 0 Å². The molecule has 1 N–H and O–H groups in total. The minimum atomic E-state index is 0.297. The molecule has 0 aliphatic carbocycles. The van der Waals surface area contributed by atoms with Crippen molar-refractivity contribution in [2.75, 3.05) is 25.5 Å². The molecule has 0 fully saturated rings. The van der Waals surface area contributed by atoms with E-state index in [9.17, 15) is 0 Å². The molecule has 0 heterocycles. The van der Waals surface area contributed by atoms with Crippen LogP contribution in [0.15, 0.2) is 22.7 Å². The monoisotopic (exact) mass is 312 g/mol. The minimum absolute atomic E-state index is 0.297. The Labute approximate surface area is 120 Å². The molecule has 1 aromatic rings. The van der Waals surface area contributed by atoms with Crippen LogP contribution in [0.4, 0.5) is 5.69 Å². The van der Waals surface area contributed by atoms with E-state index in [1.54, 1.807) is 0 Å². The van der Waals surface area contributed by atoms with Gasteiger partial charge in [0, 0.05) is 24.1 Å². The van der Waals surface area contributed by atoms with Gasteiger partial charge in [0.25, 0.3) is 0 Å². The Hall–Kier alpha value is -0.540. The molecule has 0 saturated carbocycles. The standard InChI is InChI=1S/C15H25BrN2/c1-11(17-5)12-7-8-14(13(16)9-12)18(6)10-15(2,3)4/h7-9,11,17H,10H2,1-6H3. The fourth-order valence-corrected chi connectivity index (χ4v) is 2.76. The highest BCUT2D eigenvalue weighted by Crippen LogP contribution is 2.30. The second-order valence-corrected chi connectivity index (χ2v) is 6.99. The van der Waals surface area contributed by atoms with Crippen LogP contribution in [0.3, 0.4) is 0 Å². The lowest BCUT2D eigenvalue weighted by Gasteiger charge is -2.29. The first kappa shape index (κ1) is 15.5. The van der Waals surface area contributed by atoms with Crippen molar-refractivity contribution in [2.45, 2.75) is 33.7 Å². The van der Waals surface area contributed by atoms with Crippen LogP contribution in [0.25, 0.3) is 0 Å². The second kappa shape index (κ2) is 6.07. The normalized spacial score (nSPS) is 13.5. The van der Waals surface area contributed by atoms with Crippen LogP contribution in [-0.4, -0.2) is 20.6 Å². The number of halogens is 1. The van der Waals surface area contributed by atoms with Crippen LogP contribution in [0, 0.1) is 5.41 Å². The molecule has 1 aromatic carbocycles. The molecule has 1 rings (SSSR count). The number of hydrogen-bond acceptors (Lipinski definition) is 2. The summed E-state index contributed by atoms with van der Waals surface area (Å²) in [6.07, 6.45) is 0. The Morgan fingerprint density at radius 2 is 1.94 bits per heavy atom. The van der Waals surface area contributed by atoms with Gasteiger partial charge in [-0.3, -0.25) is 0 Å². The average molecular weight is 313 g/mol. The fraction of sp³-hybridized carbons (Fsp3) is 0.600. The molecule has 0 aliphatic heterocycles. The second-order valence-electron chi connectivity index (χ2n) is 6.14. The minimum Gasteiger partial charge on any atom is -0.373 e. The molecule has 0 saturated heterocycles. The van der Waals surface area contributed by atoms with Gasteiger partial charge in [0.2, 0.25) is 0 Å². The van der Waals surface area contributed by atoms with Crippen LogP contribution in [0.2, 0.25) is 0 Å². The zero-order chi connectivity index (χ0) is 13.9. The molecule has 0 radical (unpaired) electrons. The summed E-state index contributed by atoms with van der Waals surface area (Å²) in [7, 11) is 4.13. The first-order chi connectivity index (χ1) is 8.24. The third-order valence-electron chi connectivity index (χ3n) is 3.03. The molecular formula is C15H25BrN2. The van der Waals surface area contributed by atoms with E-state index in [0.717, 1.165) is 11.0 Å². The maximum atomic E-state index is 3.68. The molecule has 1 atom stereocenters. The summed E-state index contributed by atoms with van der Waals surface area (Å²) in [4.78, 5) is 2.30. The number of benzene rings is 1. The Kier molecular flexibility index (Phi) is 5.23. The Morgan fingerprint density at radius 3 is 2.39 bits per heavy atom. The Balaban J connectivity index is 2.92. The van der Waals surface area contributed by atoms with Crippen molar-refractivity contribution in [3.8, 4) is 0 Å². The number of hydrogen-bond donors (Lipinski definition) is 1. The van der Waals surface area contributed by atoms with E-state index < -0.39 is 0 Å². The first-order valence-electron chi connectivity index (χ1n) is 6.42. The predicted octanol–water partition coefficient (Wildman–Crippen LogP) is 4.21. The Morgan fingerprint density at radius 1 is 1.33 bits per heavy atom. The Bertz CT molecular complexity index is 396. The summed E-state index contributed by atoms with van der Waals surface area (Å²) in [5.74, 6) is 0. The van der Waals surface area contributed by atoms with Crippen molar-refractivity contribution in [3.05, 3.63) is 28.2 Å². The van der Waals surface area contributed by atoms with E-state index in [2.05, 4.69) is 79.1 Å². The lowest BCUT2D eigenvalue weighted by molar-refractivity contribution is 0.419. The zero-order valence-electron chi connectivity index (χ0n) is 12.3. The van der Waals surface area contributed by atoms with Gasteiger partial charge in [0.15, 0.2) is 0 Å². The molecule has 2 nitrogen and oxygen atoms in total. The average Bonchev–Trinajstić information content (AvgIpc) is 2.25. The van der Waals surface area contributed by atoms with E-state index in [-0.39, 0.29) is 0 Å². The van der Waals surface area contributed by atoms with Crippen LogP contribution in [0.1, 0.15) is 39.3 Å². The summed E-state index contributed by atoms with van der Waals surface area (Å²) >= 11 is 3.68. The van der Waals surface area contributed by atoms with Gasteiger partial charge < -0.3 is 10.2 Å². The summed E-state index contributed by atoms with van der Waals surface area (Å²) in [6.45, 7) is 9.98. The van der Waals surface area contributed by atoms with Gasteiger partial charge in [-0.1, -0.05) is 26.8 Å². The SMILES string of the molecule is CNC(C)c1ccc(N(C)CC(C)(C)C)c(Br)c1. The largest absolute Gasteiger partial charge is 0.373 e. The van der Waals surface area contributed by atoms with Crippen molar-refractivity contribution in [3.63, 3.8) is 0 Å². The highest BCUT2D eigenvalue weighted by atomic mass is 79.9. The van der Waals surface area contributed by atoms with Crippen molar-refractivity contribution in [2.24, 2.45) is 5.41 Å². The molecule has 0 bridgehead atoms. The van der Waals surface area contributed by atoms with E-state index >= 15 is 0 Å². The smallest absolute Gasteiger partial charge is 0.0508 e. The summed E-state index contributed by atoms with van der Waals surface area (Å²) < 4.78 is 1.16. The van der Waals surface area contributed by atoms with Gasteiger partial charge in [-0.05, 0) is 53.0 Å². The zero-order valence-corrected chi connectivity index (χ0v) is 13.9. The molecular weight excluding hydrogens is 288 g/mol. The number of anilines is 1. The van der Waals surface area contributed by atoms with Crippen LogP contribution < -0.4 is 10.2 Å². The van der Waals surface area contributed by atoms with Crippen LogP contribution in [0.5, 0.6) is 0 Å². The number of rotatable bonds is 4. The molecule has 18 heavy (non-hydrogen) atoms. The molecule has 0 aliphatic rings. The number of nitrogens with zero attached hydrogens (tertiary/aromatic N) is 1. The molecule has 0 amide bonds. The van der Waals surface area contributed by atoms with Gasteiger partial charge in [-0.15, -0.1) is 0 Å². The highest BCUT2D eigenvalue weighted by Gasteiger charge is 2.16. The fourth-order valence-electron chi connectivity index (χ4n) is 2.07. The van der Waals surface area contributed by atoms with E-state index in [1.165, 1.54) is 11.3 Å². The highest BCUT2D eigenvalue weighted by molar-refractivity contribution is 9.10. The van der Waals surface area contributed by atoms with Gasteiger partial charge in [0.1, 0.15) is 0 Å². The molecule has 3 heteroatoms. The number of nitrogens with one attached hydrogen (secondary N) is 1. The molecule has 1 unspecified atom stereocenters. The third-order valence-corrected chi connectivity index (χ3v) is 3.66. The van der Waals surface area contributed by atoms with Crippen molar-refractivity contribution in [1.82, 2.24) is 5.32 Å². The first-order valence-corrected chi connectivity index (χ1v) is 7.22. The van der Waals surface area contributed by atoms with Gasteiger partial charge in [-0.25, -0.2) is 0 Å². The van der Waals surface area contributed by atoms with Gasteiger partial charge in [-0.2, -0.15) is 0 Å². The summed E-state index contributed by atoms with van der Waals surface area (Å²) in [5.41, 5.74) is 2.85. The predicted molar refractivity (Wildman–Crippen MR) is 84.3 cm³/mol. The maximum absolute atomic E-state index is 3.68. The van der Waals surface area contributed by atoms with E-state index in [1.807, 2.05) is 7.05 Å². The van der Waals surface area contributed by atoms with Crippen molar-refractivity contribution < 1.29 is 0 Å². The summed E-state index contributed by atoms with van der Waals surface area (Å²) in [5, 5.41) is 3.26. The third kappa shape index (κ3) is 4.29. The van der Waals surface area contributed by atoms with Crippen LogP contribution >= 0.6 is 15.9 Å². The molecule has 0 spiro atoms. The lowest BCUT2D eigenvalue weighted by Crippen LogP contribution is -2.29. The van der Waals surface area contributed by atoms with Gasteiger partial charge in [0.05, 0.1) is 5.69 Å².